The van der Waals surface area contributed by atoms with E-state index in [2.05, 4.69) is 44.7 Å². The molecular weight excluding hydrogens is 419 g/mol. The Bertz CT molecular complexity index is 504. The number of unbranched alkanes of at least 4 members (excludes halogenated alkanes) is 1. The summed E-state index contributed by atoms with van der Waals surface area (Å²) in [6.07, 6.45) is 6.58. The van der Waals surface area contributed by atoms with E-state index in [0.29, 0.717) is 18.0 Å². The van der Waals surface area contributed by atoms with Crippen molar-refractivity contribution in [3.63, 3.8) is 0 Å². The van der Waals surface area contributed by atoms with Gasteiger partial charge in [0.25, 0.3) is 0 Å². The van der Waals surface area contributed by atoms with E-state index >= 15 is 0 Å². The largest absolute Gasteiger partial charge is 0.474 e. The van der Waals surface area contributed by atoms with Crippen molar-refractivity contribution in [1.82, 2.24) is 9.88 Å². The minimum Gasteiger partial charge on any atom is -0.474 e. The second kappa shape index (κ2) is 10.1. The molecule has 1 atom stereocenters. The summed E-state index contributed by atoms with van der Waals surface area (Å²) < 4.78 is 7.00. The van der Waals surface area contributed by atoms with Gasteiger partial charge in [0.2, 0.25) is 11.8 Å². The van der Waals surface area contributed by atoms with E-state index in [1.807, 2.05) is 6.07 Å². The Kier molecular flexibility index (Phi) is 8.20. The van der Waals surface area contributed by atoms with Gasteiger partial charge in [-0.1, -0.05) is 42.4 Å². The molecule has 0 bridgehead atoms. The van der Waals surface area contributed by atoms with Gasteiger partial charge in [0.1, 0.15) is 6.10 Å². The highest BCUT2D eigenvalue weighted by atomic mass is 127. The fourth-order valence-corrected chi connectivity index (χ4v) is 3.31. The number of nitrogens with one attached hydrogen (secondary N) is 1. The number of alkyl halides is 1. The maximum Gasteiger partial charge on any atom is 0.241 e. The zero-order chi connectivity index (χ0) is 17.4. The van der Waals surface area contributed by atoms with Crippen molar-refractivity contribution in [1.29, 1.82) is 0 Å². The Balaban J connectivity index is 1.79. The van der Waals surface area contributed by atoms with Crippen LogP contribution in [0.15, 0.2) is 18.3 Å². The van der Waals surface area contributed by atoms with Crippen molar-refractivity contribution >= 4 is 34.2 Å². The number of hydrogen-bond donors (Lipinski definition) is 2. The van der Waals surface area contributed by atoms with Gasteiger partial charge in [-0.3, -0.25) is 9.69 Å². The number of nitrogens with zero attached hydrogens (tertiary/aromatic N) is 2. The van der Waals surface area contributed by atoms with Gasteiger partial charge >= 0.3 is 0 Å². The molecule has 134 valence electrons. The van der Waals surface area contributed by atoms with Crippen LogP contribution < -0.4 is 15.8 Å². The van der Waals surface area contributed by atoms with E-state index in [9.17, 15) is 4.79 Å². The number of nitrogens with two attached hydrogens (primary N) is 1. The second-order valence-corrected chi connectivity index (χ2v) is 6.86. The van der Waals surface area contributed by atoms with E-state index in [1.165, 1.54) is 0 Å². The van der Waals surface area contributed by atoms with Crippen LogP contribution in [0.3, 0.4) is 0 Å². The molecule has 0 spiro atoms. The number of piperidine rings is 1. The lowest BCUT2D eigenvalue weighted by Crippen LogP contribution is -2.37. The van der Waals surface area contributed by atoms with E-state index in [4.69, 9.17) is 10.5 Å². The normalized spacial score (nSPS) is 17.5. The first-order chi connectivity index (χ1) is 11.6. The zero-order valence-corrected chi connectivity index (χ0v) is 16.4. The highest BCUT2D eigenvalue weighted by Gasteiger charge is 2.20. The van der Waals surface area contributed by atoms with Crippen molar-refractivity contribution in [2.24, 2.45) is 5.73 Å². The van der Waals surface area contributed by atoms with Crippen molar-refractivity contribution in [2.45, 2.75) is 51.2 Å². The molecule has 1 unspecified atom stereocenters. The summed E-state index contributed by atoms with van der Waals surface area (Å²) >= 11 is 2.39. The Labute approximate surface area is 157 Å². The molecule has 1 aliphatic heterocycles. The molecular formula is C17H27IN4O2. The molecule has 1 fully saturated rings. The van der Waals surface area contributed by atoms with Gasteiger partial charge in [0.05, 0.1) is 22.5 Å². The SMILES string of the molecule is CCCCC(N)C(=O)Nc1ccc(OC2CCN(CI)CC2)nc1. The van der Waals surface area contributed by atoms with Crippen LogP contribution >= 0.6 is 22.6 Å². The summed E-state index contributed by atoms with van der Waals surface area (Å²) in [6, 6.07) is 3.15. The van der Waals surface area contributed by atoms with Gasteiger partial charge in [-0.2, -0.15) is 0 Å². The summed E-state index contributed by atoms with van der Waals surface area (Å²) in [6.45, 7) is 4.22. The number of amides is 1. The molecule has 1 aliphatic rings. The maximum atomic E-state index is 12.0. The highest BCUT2D eigenvalue weighted by Crippen LogP contribution is 2.19. The highest BCUT2D eigenvalue weighted by molar-refractivity contribution is 14.1. The molecule has 0 saturated carbocycles. The average molecular weight is 446 g/mol. The van der Waals surface area contributed by atoms with Gasteiger partial charge in [0, 0.05) is 19.2 Å². The molecule has 7 heteroatoms. The third kappa shape index (κ3) is 6.18. The Morgan fingerprint density at radius 2 is 2.25 bits per heavy atom. The summed E-state index contributed by atoms with van der Waals surface area (Å²) in [5.74, 6) is 0.446. The minimum absolute atomic E-state index is 0.162. The number of carbonyl (C=O) groups excluding carboxylic acids is 1. The van der Waals surface area contributed by atoms with Crippen LogP contribution in [0.1, 0.15) is 39.0 Å². The van der Waals surface area contributed by atoms with E-state index in [1.54, 1.807) is 12.3 Å². The number of carbonyl (C=O) groups is 1. The van der Waals surface area contributed by atoms with Crippen LogP contribution in [0.4, 0.5) is 5.69 Å². The van der Waals surface area contributed by atoms with Crippen LogP contribution in [-0.4, -0.2) is 45.6 Å². The molecule has 2 heterocycles. The summed E-state index contributed by atoms with van der Waals surface area (Å²) in [5, 5.41) is 2.81. The lowest BCUT2D eigenvalue weighted by atomic mass is 10.1. The maximum absolute atomic E-state index is 12.0. The number of rotatable bonds is 8. The number of hydrogen-bond acceptors (Lipinski definition) is 5. The molecule has 2 rings (SSSR count). The Hall–Kier alpha value is -0.930. The third-order valence-electron chi connectivity index (χ3n) is 4.20. The summed E-state index contributed by atoms with van der Waals surface area (Å²) in [4.78, 5) is 18.7. The fraction of sp³-hybridized carbons (Fsp3) is 0.647. The Morgan fingerprint density at radius 3 is 2.83 bits per heavy atom. The van der Waals surface area contributed by atoms with Gasteiger partial charge < -0.3 is 15.8 Å². The van der Waals surface area contributed by atoms with Gasteiger partial charge in [-0.15, -0.1) is 0 Å². The number of pyridine rings is 1. The summed E-state index contributed by atoms with van der Waals surface area (Å²) in [7, 11) is 0. The van der Waals surface area contributed by atoms with Crippen molar-refractivity contribution in [3.8, 4) is 5.88 Å². The van der Waals surface area contributed by atoms with Crippen LogP contribution in [0.25, 0.3) is 0 Å². The quantitative estimate of drug-likeness (QED) is 0.365. The number of aromatic nitrogens is 1. The van der Waals surface area contributed by atoms with Gasteiger partial charge in [0.15, 0.2) is 0 Å². The van der Waals surface area contributed by atoms with Crippen LogP contribution in [-0.2, 0) is 4.79 Å². The molecule has 1 aromatic rings. The first-order valence-corrected chi connectivity index (χ1v) is 10.1. The topological polar surface area (TPSA) is 80.5 Å². The van der Waals surface area contributed by atoms with Gasteiger partial charge in [-0.05, 0) is 25.3 Å². The van der Waals surface area contributed by atoms with Crippen molar-refractivity contribution in [2.75, 3.05) is 23.0 Å². The fourth-order valence-electron chi connectivity index (χ4n) is 2.63. The van der Waals surface area contributed by atoms with Crippen LogP contribution in [0.2, 0.25) is 0 Å². The molecule has 1 saturated heterocycles. The lowest BCUT2D eigenvalue weighted by Gasteiger charge is -2.30. The van der Waals surface area contributed by atoms with E-state index < -0.39 is 6.04 Å². The predicted molar refractivity (Wildman–Crippen MR) is 104 cm³/mol. The van der Waals surface area contributed by atoms with Crippen molar-refractivity contribution in [3.05, 3.63) is 18.3 Å². The lowest BCUT2D eigenvalue weighted by molar-refractivity contribution is -0.117. The van der Waals surface area contributed by atoms with E-state index in [-0.39, 0.29) is 12.0 Å². The van der Waals surface area contributed by atoms with Crippen molar-refractivity contribution < 1.29 is 9.53 Å². The molecule has 0 aliphatic carbocycles. The molecule has 0 radical (unpaired) electrons. The molecule has 1 aromatic heterocycles. The second-order valence-electron chi connectivity index (χ2n) is 6.18. The molecule has 1 amide bonds. The molecule has 0 aromatic carbocycles. The summed E-state index contributed by atoms with van der Waals surface area (Å²) in [5.41, 5.74) is 6.52. The molecule has 6 nitrogen and oxygen atoms in total. The standard InChI is InChI=1S/C17H27IN4O2/c1-2-3-4-15(19)17(23)21-13-5-6-16(20-11-13)24-14-7-9-22(12-18)10-8-14/h5-6,11,14-15H,2-4,7-10,12,19H2,1H3,(H,21,23). The van der Waals surface area contributed by atoms with Crippen LogP contribution in [0.5, 0.6) is 5.88 Å². The predicted octanol–water partition coefficient (Wildman–Crippen LogP) is 2.77. The van der Waals surface area contributed by atoms with Gasteiger partial charge in [-0.25, -0.2) is 4.98 Å². The van der Waals surface area contributed by atoms with Crippen LogP contribution in [0, 0.1) is 0 Å². The first-order valence-electron chi connectivity index (χ1n) is 8.59. The smallest absolute Gasteiger partial charge is 0.241 e. The minimum atomic E-state index is -0.469. The molecule has 24 heavy (non-hydrogen) atoms. The molecule has 3 N–H and O–H groups in total. The monoisotopic (exact) mass is 446 g/mol. The average Bonchev–Trinajstić information content (AvgIpc) is 2.62. The number of likely N-dealkylation sites (tertiary alicyclic amines) is 1. The Morgan fingerprint density at radius 1 is 1.50 bits per heavy atom. The third-order valence-corrected chi connectivity index (χ3v) is 5.17. The number of halogens is 1. The first kappa shape index (κ1) is 19.4. The zero-order valence-electron chi connectivity index (χ0n) is 14.2. The number of anilines is 1. The van der Waals surface area contributed by atoms with E-state index in [0.717, 1.165) is 43.3 Å². The number of ether oxygens (including phenoxy) is 1.